The van der Waals surface area contributed by atoms with Gasteiger partial charge in [-0.1, -0.05) is 36.0 Å². The highest BCUT2D eigenvalue weighted by atomic mass is 35.5. The fourth-order valence-electron chi connectivity index (χ4n) is 3.98. The van der Waals surface area contributed by atoms with Crippen molar-refractivity contribution in [3.63, 3.8) is 0 Å². The summed E-state index contributed by atoms with van der Waals surface area (Å²) in [6.07, 6.45) is 7.85. The van der Waals surface area contributed by atoms with Crippen LogP contribution in [-0.2, 0) is 11.2 Å². The van der Waals surface area contributed by atoms with Gasteiger partial charge in [-0.2, -0.15) is 0 Å². The quantitative estimate of drug-likeness (QED) is 0.704. The van der Waals surface area contributed by atoms with Gasteiger partial charge in [-0.15, -0.1) is 23.7 Å². The monoisotopic (exact) mass is 410 g/mol. The van der Waals surface area contributed by atoms with E-state index in [-0.39, 0.29) is 18.3 Å². The van der Waals surface area contributed by atoms with Gasteiger partial charge < -0.3 is 4.90 Å². The summed E-state index contributed by atoms with van der Waals surface area (Å²) in [5.74, 6) is 0.177. The van der Waals surface area contributed by atoms with Crippen LogP contribution >= 0.6 is 46.9 Å². The molecule has 2 atom stereocenters. The molecule has 1 saturated heterocycles. The van der Waals surface area contributed by atoms with Crippen LogP contribution in [0.4, 0.5) is 0 Å². The second-order valence-corrected chi connectivity index (χ2v) is 8.82. The van der Waals surface area contributed by atoms with Gasteiger partial charge >= 0.3 is 0 Å². The molecule has 0 spiro atoms. The van der Waals surface area contributed by atoms with Crippen LogP contribution in [0.15, 0.2) is 6.07 Å². The minimum absolute atomic E-state index is 0. The highest BCUT2D eigenvalue weighted by Crippen LogP contribution is 2.33. The second-order valence-electron chi connectivity index (χ2n) is 6.68. The topological polar surface area (TPSA) is 23.6 Å². The van der Waals surface area contributed by atoms with Crippen molar-refractivity contribution < 1.29 is 4.79 Å². The summed E-state index contributed by atoms with van der Waals surface area (Å²) >= 11 is 13.4. The van der Waals surface area contributed by atoms with Gasteiger partial charge in [0, 0.05) is 24.0 Å². The van der Waals surface area contributed by atoms with Gasteiger partial charge in [0.1, 0.15) is 4.34 Å². The molecule has 136 valence electrons. The summed E-state index contributed by atoms with van der Waals surface area (Å²) < 4.78 is 0.574. The molecular weight excluding hydrogens is 387 g/mol. The zero-order chi connectivity index (χ0) is 16.4. The number of nitrogens with zero attached hydrogens (tertiary/aromatic N) is 2. The van der Waals surface area contributed by atoms with E-state index in [4.69, 9.17) is 23.2 Å². The SMILES string of the molecule is CN(C(=O)Cc1cc(Cl)c(Cl)s1)[C@@H]1CCCC[C@H]1N1CCCC1.Cl. The van der Waals surface area contributed by atoms with Gasteiger partial charge in [0.25, 0.3) is 0 Å². The maximum absolute atomic E-state index is 12.7. The van der Waals surface area contributed by atoms with Crippen molar-refractivity contribution in [2.45, 2.75) is 57.0 Å². The molecule has 7 heteroatoms. The normalized spacial score (nSPS) is 24.6. The van der Waals surface area contributed by atoms with E-state index in [0.717, 1.165) is 11.3 Å². The lowest BCUT2D eigenvalue weighted by Crippen LogP contribution is -2.53. The molecule has 1 aromatic rings. The minimum Gasteiger partial charge on any atom is -0.341 e. The van der Waals surface area contributed by atoms with E-state index in [2.05, 4.69) is 4.90 Å². The third kappa shape index (κ3) is 4.59. The minimum atomic E-state index is 0. The Labute approximate surface area is 164 Å². The first kappa shape index (κ1) is 20.3. The molecule has 1 aromatic heterocycles. The molecule has 0 unspecified atom stereocenters. The zero-order valence-corrected chi connectivity index (χ0v) is 17.1. The number of amides is 1. The number of likely N-dealkylation sites (tertiary alicyclic amines) is 1. The predicted molar refractivity (Wildman–Crippen MR) is 105 cm³/mol. The highest BCUT2D eigenvalue weighted by Gasteiger charge is 2.35. The predicted octanol–water partition coefficient (Wildman–Crippen LogP) is 4.88. The average molecular weight is 412 g/mol. The molecule has 1 amide bonds. The number of carbonyl (C=O) groups is 1. The Morgan fingerprint density at radius 2 is 1.92 bits per heavy atom. The summed E-state index contributed by atoms with van der Waals surface area (Å²) in [4.78, 5) is 18.3. The van der Waals surface area contributed by atoms with E-state index in [9.17, 15) is 4.79 Å². The van der Waals surface area contributed by atoms with Crippen LogP contribution in [0, 0.1) is 0 Å². The van der Waals surface area contributed by atoms with Crippen LogP contribution in [0.25, 0.3) is 0 Å². The van der Waals surface area contributed by atoms with E-state index >= 15 is 0 Å². The lowest BCUT2D eigenvalue weighted by atomic mass is 9.88. The van der Waals surface area contributed by atoms with Gasteiger partial charge in [0.15, 0.2) is 0 Å². The number of carbonyl (C=O) groups excluding carboxylic acids is 1. The van der Waals surface area contributed by atoms with Crippen molar-refractivity contribution in [2.24, 2.45) is 0 Å². The lowest BCUT2D eigenvalue weighted by Gasteiger charge is -2.42. The van der Waals surface area contributed by atoms with Crippen molar-refractivity contribution in [3.8, 4) is 0 Å². The number of hydrogen-bond donors (Lipinski definition) is 0. The van der Waals surface area contributed by atoms with E-state index in [1.165, 1.54) is 56.5 Å². The van der Waals surface area contributed by atoms with Gasteiger partial charge in [-0.3, -0.25) is 9.69 Å². The molecule has 2 heterocycles. The molecular formula is C17H25Cl3N2OS. The third-order valence-corrected chi connectivity index (χ3v) is 7.08. The van der Waals surface area contributed by atoms with Crippen molar-refractivity contribution in [1.82, 2.24) is 9.80 Å². The summed E-state index contributed by atoms with van der Waals surface area (Å²) in [5, 5.41) is 0.551. The molecule has 24 heavy (non-hydrogen) atoms. The number of thiophene rings is 1. The summed E-state index contributed by atoms with van der Waals surface area (Å²) in [6, 6.07) is 2.70. The van der Waals surface area contributed by atoms with Crippen LogP contribution in [-0.4, -0.2) is 47.9 Å². The molecule has 0 radical (unpaired) electrons. The van der Waals surface area contributed by atoms with Crippen LogP contribution in [0.5, 0.6) is 0 Å². The average Bonchev–Trinajstić information content (AvgIpc) is 3.17. The second kappa shape index (κ2) is 9.09. The first-order chi connectivity index (χ1) is 11.1. The van der Waals surface area contributed by atoms with E-state index in [1.807, 2.05) is 18.0 Å². The molecule has 3 rings (SSSR count). The number of hydrogen-bond acceptors (Lipinski definition) is 3. The summed E-state index contributed by atoms with van der Waals surface area (Å²) in [7, 11) is 1.97. The van der Waals surface area contributed by atoms with Gasteiger partial charge in [-0.05, 0) is 44.8 Å². The number of rotatable bonds is 4. The molecule has 3 nitrogen and oxygen atoms in total. The van der Waals surface area contributed by atoms with Gasteiger partial charge in [0.05, 0.1) is 11.4 Å². The Morgan fingerprint density at radius 1 is 1.25 bits per heavy atom. The van der Waals surface area contributed by atoms with E-state index in [0.29, 0.717) is 27.9 Å². The molecule has 2 fully saturated rings. The molecule has 2 aliphatic rings. The van der Waals surface area contributed by atoms with Crippen molar-refractivity contribution in [3.05, 3.63) is 20.3 Å². The summed E-state index contributed by atoms with van der Waals surface area (Å²) in [5.41, 5.74) is 0. The van der Waals surface area contributed by atoms with Crippen LogP contribution < -0.4 is 0 Å². The molecule has 0 N–H and O–H groups in total. The zero-order valence-electron chi connectivity index (χ0n) is 14.0. The maximum atomic E-state index is 12.7. The molecule has 1 aliphatic heterocycles. The van der Waals surface area contributed by atoms with Crippen molar-refractivity contribution >= 4 is 52.9 Å². The standard InChI is InChI=1S/C17H24Cl2N2OS.ClH/c1-20(16(22)11-12-10-13(18)17(19)23-12)14-6-2-3-7-15(14)21-8-4-5-9-21;/h10,14-15H,2-9,11H2,1H3;1H/t14-,15-;/m1./s1. The number of likely N-dealkylation sites (N-methyl/N-ethyl adjacent to an activating group) is 1. The Kier molecular flexibility index (Phi) is 7.69. The number of halogens is 3. The maximum Gasteiger partial charge on any atom is 0.227 e. The largest absolute Gasteiger partial charge is 0.341 e. The Morgan fingerprint density at radius 3 is 2.54 bits per heavy atom. The highest BCUT2D eigenvalue weighted by molar-refractivity contribution is 7.17. The Bertz CT molecular complexity index is 541. The summed E-state index contributed by atoms with van der Waals surface area (Å²) in [6.45, 7) is 2.39. The van der Waals surface area contributed by atoms with Crippen LogP contribution in [0.2, 0.25) is 9.36 Å². The fourth-order valence-corrected chi connectivity index (χ4v) is 5.40. The van der Waals surface area contributed by atoms with Crippen molar-refractivity contribution in [2.75, 3.05) is 20.1 Å². The molecule has 0 aromatic carbocycles. The van der Waals surface area contributed by atoms with Gasteiger partial charge in [0.2, 0.25) is 5.91 Å². The van der Waals surface area contributed by atoms with Crippen LogP contribution in [0.3, 0.4) is 0 Å². The van der Waals surface area contributed by atoms with Crippen LogP contribution in [0.1, 0.15) is 43.4 Å². The first-order valence-corrected chi connectivity index (χ1v) is 10.1. The van der Waals surface area contributed by atoms with Gasteiger partial charge in [-0.25, -0.2) is 0 Å². The van der Waals surface area contributed by atoms with Crippen molar-refractivity contribution in [1.29, 1.82) is 0 Å². The Hall–Kier alpha value is -0.000000000000000111. The molecule has 0 bridgehead atoms. The molecule has 1 aliphatic carbocycles. The first-order valence-electron chi connectivity index (χ1n) is 8.49. The fraction of sp³-hybridized carbons (Fsp3) is 0.706. The van der Waals surface area contributed by atoms with E-state index < -0.39 is 0 Å². The smallest absolute Gasteiger partial charge is 0.227 e. The lowest BCUT2D eigenvalue weighted by molar-refractivity contribution is -0.133. The molecule has 1 saturated carbocycles. The van der Waals surface area contributed by atoms with E-state index in [1.54, 1.807) is 0 Å². The third-order valence-electron chi connectivity index (χ3n) is 5.22. The Balaban J connectivity index is 0.00000208.